The van der Waals surface area contributed by atoms with Gasteiger partial charge in [0, 0.05) is 5.69 Å². The van der Waals surface area contributed by atoms with E-state index in [1.807, 2.05) is 30.3 Å². The molecular weight excluding hydrogens is 344 g/mol. The van der Waals surface area contributed by atoms with Crippen molar-refractivity contribution in [2.24, 2.45) is 0 Å². The Bertz CT molecular complexity index is 756. The second kappa shape index (κ2) is 9.07. The number of carboxylic acids is 1. The molecule has 1 aliphatic carbocycles. The average molecular weight is 368 g/mol. The van der Waals surface area contributed by atoms with Gasteiger partial charge in [-0.1, -0.05) is 30.3 Å². The number of hydrogen-bond acceptors (Lipinski definition) is 3. The zero-order chi connectivity index (χ0) is 19.1. The van der Waals surface area contributed by atoms with Gasteiger partial charge in [-0.3, -0.25) is 4.79 Å². The number of carboxylic acid groups (broad SMARTS) is 1. The SMILES string of the molecule is O=C(O)C[C@H](NC(=O)Nc1ccccc1)c1ccc(OC2CCCC2)cc1. The number of anilines is 1. The molecule has 2 aromatic rings. The van der Waals surface area contributed by atoms with E-state index in [0.717, 1.165) is 24.2 Å². The average Bonchev–Trinajstić information content (AvgIpc) is 3.15. The molecule has 0 heterocycles. The van der Waals surface area contributed by atoms with Gasteiger partial charge in [0.05, 0.1) is 18.6 Å². The van der Waals surface area contributed by atoms with Crippen LogP contribution in [-0.2, 0) is 4.79 Å². The monoisotopic (exact) mass is 368 g/mol. The van der Waals surface area contributed by atoms with Crippen molar-refractivity contribution in [3.63, 3.8) is 0 Å². The molecule has 142 valence electrons. The number of aliphatic carboxylic acids is 1. The molecule has 6 heteroatoms. The predicted octanol–water partition coefficient (Wildman–Crippen LogP) is 4.35. The Morgan fingerprint density at radius 3 is 2.33 bits per heavy atom. The van der Waals surface area contributed by atoms with Crippen molar-refractivity contribution in [2.75, 3.05) is 5.32 Å². The van der Waals surface area contributed by atoms with Crippen LogP contribution in [0.15, 0.2) is 54.6 Å². The molecule has 1 saturated carbocycles. The third-order valence-corrected chi connectivity index (χ3v) is 4.60. The van der Waals surface area contributed by atoms with Gasteiger partial charge in [0.1, 0.15) is 5.75 Å². The Morgan fingerprint density at radius 2 is 1.70 bits per heavy atom. The van der Waals surface area contributed by atoms with E-state index in [9.17, 15) is 14.7 Å². The molecule has 1 fully saturated rings. The lowest BCUT2D eigenvalue weighted by molar-refractivity contribution is -0.137. The van der Waals surface area contributed by atoms with Crippen molar-refractivity contribution >= 4 is 17.7 Å². The van der Waals surface area contributed by atoms with Crippen LogP contribution in [0, 0.1) is 0 Å². The summed E-state index contributed by atoms with van der Waals surface area (Å²) in [4.78, 5) is 23.5. The number of para-hydroxylation sites is 1. The molecule has 27 heavy (non-hydrogen) atoms. The van der Waals surface area contributed by atoms with Crippen molar-refractivity contribution < 1.29 is 19.4 Å². The first-order valence-electron chi connectivity index (χ1n) is 9.21. The second-order valence-electron chi connectivity index (χ2n) is 6.71. The van der Waals surface area contributed by atoms with Gasteiger partial charge in [0.15, 0.2) is 0 Å². The molecule has 0 radical (unpaired) electrons. The van der Waals surface area contributed by atoms with Crippen LogP contribution in [0.2, 0.25) is 0 Å². The smallest absolute Gasteiger partial charge is 0.319 e. The Labute approximate surface area is 158 Å². The van der Waals surface area contributed by atoms with Crippen LogP contribution in [0.1, 0.15) is 43.7 Å². The van der Waals surface area contributed by atoms with E-state index in [4.69, 9.17) is 4.74 Å². The zero-order valence-electron chi connectivity index (χ0n) is 15.1. The third kappa shape index (κ3) is 5.74. The molecule has 0 aromatic heterocycles. The molecule has 0 saturated heterocycles. The van der Waals surface area contributed by atoms with E-state index in [2.05, 4.69) is 10.6 Å². The molecular formula is C21H24N2O4. The zero-order valence-corrected chi connectivity index (χ0v) is 15.1. The minimum absolute atomic E-state index is 0.203. The summed E-state index contributed by atoms with van der Waals surface area (Å²) in [5, 5.41) is 14.6. The minimum Gasteiger partial charge on any atom is -0.490 e. The number of carbonyl (C=O) groups excluding carboxylic acids is 1. The van der Waals surface area contributed by atoms with E-state index in [-0.39, 0.29) is 12.5 Å². The molecule has 2 aromatic carbocycles. The van der Waals surface area contributed by atoms with Gasteiger partial charge in [0.2, 0.25) is 0 Å². The van der Waals surface area contributed by atoms with Crippen molar-refractivity contribution in [3.8, 4) is 5.75 Å². The molecule has 6 nitrogen and oxygen atoms in total. The van der Waals surface area contributed by atoms with Crippen molar-refractivity contribution in [1.29, 1.82) is 0 Å². The summed E-state index contributed by atoms with van der Waals surface area (Å²) < 4.78 is 5.94. The van der Waals surface area contributed by atoms with Crippen LogP contribution in [0.4, 0.5) is 10.5 Å². The Morgan fingerprint density at radius 1 is 1.04 bits per heavy atom. The molecule has 0 spiro atoms. The van der Waals surface area contributed by atoms with Crippen LogP contribution in [0.3, 0.4) is 0 Å². The number of nitrogens with one attached hydrogen (secondary N) is 2. The molecule has 0 aliphatic heterocycles. The summed E-state index contributed by atoms with van der Waals surface area (Å²) in [6.07, 6.45) is 4.61. The molecule has 1 aliphatic rings. The highest BCUT2D eigenvalue weighted by Crippen LogP contribution is 2.26. The topological polar surface area (TPSA) is 87.7 Å². The van der Waals surface area contributed by atoms with Gasteiger partial charge in [-0.15, -0.1) is 0 Å². The van der Waals surface area contributed by atoms with Gasteiger partial charge in [-0.2, -0.15) is 0 Å². The number of urea groups is 1. The standard InChI is InChI=1S/C21H24N2O4/c24-20(25)14-19(23-21(26)22-16-6-2-1-3-7-16)15-10-12-18(13-11-15)27-17-8-4-5-9-17/h1-3,6-7,10-13,17,19H,4-5,8-9,14H2,(H,24,25)(H2,22,23,26)/t19-/m0/s1. The molecule has 0 unspecified atom stereocenters. The van der Waals surface area contributed by atoms with E-state index in [1.54, 1.807) is 24.3 Å². The first-order chi connectivity index (χ1) is 13.1. The fourth-order valence-electron chi connectivity index (χ4n) is 3.25. The highest BCUT2D eigenvalue weighted by atomic mass is 16.5. The fraction of sp³-hybridized carbons (Fsp3) is 0.333. The highest BCUT2D eigenvalue weighted by molar-refractivity contribution is 5.89. The number of amides is 2. The molecule has 3 N–H and O–H groups in total. The number of hydrogen-bond donors (Lipinski definition) is 3. The van der Waals surface area contributed by atoms with E-state index in [1.165, 1.54) is 12.8 Å². The predicted molar refractivity (Wildman–Crippen MR) is 103 cm³/mol. The van der Waals surface area contributed by atoms with Gasteiger partial charge in [0.25, 0.3) is 0 Å². The summed E-state index contributed by atoms with van der Waals surface area (Å²) in [6.45, 7) is 0. The summed E-state index contributed by atoms with van der Waals surface area (Å²) in [5.74, 6) is -0.209. The van der Waals surface area contributed by atoms with Crippen LogP contribution < -0.4 is 15.4 Å². The number of benzene rings is 2. The summed E-state index contributed by atoms with van der Waals surface area (Å²) in [6, 6.07) is 15.2. The van der Waals surface area contributed by atoms with E-state index in [0.29, 0.717) is 5.69 Å². The molecule has 2 amide bonds. The maximum atomic E-state index is 12.2. The number of ether oxygens (including phenoxy) is 1. The molecule has 1 atom stereocenters. The Kier molecular flexibility index (Phi) is 6.30. The lowest BCUT2D eigenvalue weighted by Gasteiger charge is -2.19. The third-order valence-electron chi connectivity index (χ3n) is 4.60. The van der Waals surface area contributed by atoms with Crippen molar-refractivity contribution in [3.05, 3.63) is 60.2 Å². The van der Waals surface area contributed by atoms with Gasteiger partial charge >= 0.3 is 12.0 Å². The van der Waals surface area contributed by atoms with Gasteiger partial charge in [-0.25, -0.2) is 4.79 Å². The Hall–Kier alpha value is -3.02. The normalized spacial score (nSPS) is 15.1. The lowest BCUT2D eigenvalue weighted by Crippen LogP contribution is -2.33. The quantitative estimate of drug-likeness (QED) is 0.678. The molecule has 0 bridgehead atoms. The van der Waals surface area contributed by atoms with Crippen LogP contribution in [0.25, 0.3) is 0 Å². The number of rotatable bonds is 7. The maximum Gasteiger partial charge on any atom is 0.319 e. The summed E-state index contributed by atoms with van der Waals surface area (Å²) >= 11 is 0. The molecule has 3 rings (SSSR count). The van der Waals surface area contributed by atoms with Gasteiger partial charge in [-0.05, 0) is 55.5 Å². The summed E-state index contributed by atoms with van der Waals surface area (Å²) in [7, 11) is 0. The first-order valence-corrected chi connectivity index (χ1v) is 9.21. The second-order valence-corrected chi connectivity index (χ2v) is 6.71. The first kappa shape index (κ1) is 18.8. The Balaban J connectivity index is 1.64. The lowest BCUT2D eigenvalue weighted by atomic mass is 10.0. The van der Waals surface area contributed by atoms with E-state index >= 15 is 0 Å². The van der Waals surface area contributed by atoms with E-state index < -0.39 is 18.0 Å². The highest BCUT2D eigenvalue weighted by Gasteiger charge is 2.20. The van der Waals surface area contributed by atoms with Gasteiger partial charge < -0.3 is 20.5 Å². The van der Waals surface area contributed by atoms with Crippen molar-refractivity contribution in [2.45, 2.75) is 44.2 Å². The maximum absolute atomic E-state index is 12.2. The fourth-order valence-corrected chi connectivity index (χ4v) is 3.25. The van der Waals surface area contributed by atoms with Crippen molar-refractivity contribution in [1.82, 2.24) is 5.32 Å². The van der Waals surface area contributed by atoms with Crippen LogP contribution >= 0.6 is 0 Å². The van der Waals surface area contributed by atoms with Crippen LogP contribution in [0.5, 0.6) is 5.75 Å². The summed E-state index contributed by atoms with van der Waals surface area (Å²) in [5.41, 5.74) is 1.36. The number of carbonyl (C=O) groups is 2. The van der Waals surface area contributed by atoms with Crippen LogP contribution in [-0.4, -0.2) is 23.2 Å². The minimum atomic E-state index is -0.980. The largest absolute Gasteiger partial charge is 0.490 e.